The second-order valence-electron chi connectivity index (χ2n) is 8.06. The summed E-state index contributed by atoms with van der Waals surface area (Å²) in [6, 6.07) is 10.8. The molecule has 2 aliphatic heterocycles. The van der Waals surface area contributed by atoms with Crippen molar-refractivity contribution in [3.63, 3.8) is 0 Å². The summed E-state index contributed by atoms with van der Waals surface area (Å²) < 4.78 is 21.7. The van der Waals surface area contributed by atoms with Crippen molar-refractivity contribution in [1.29, 1.82) is 0 Å². The zero-order valence-electron chi connectivity index (χ0n) is 16.4. The van der Waals surface area contributed by atoms with Gasteiger partial charge in [-0.3, -0.25) is 14.5 Å². The maximum atomic E-state index is 14.1. The number of rotatable bonds is 4. The maximum Gasteiger partial charge on any atom is 0.415 e. The van der Waals surface area contributed by atoms with E-state index in [0.717, 1.165) is 30.8 Å². The van der Waals surface area contributed by atoms with Crippen LogP contribution in [0.25, 0.3) is 11.3 Å². The van der Waals surface area contributed by atoms with Crippen molar-refractivity contribution < 1.29 is 14.1 Å². The van der Waals surface area contributed by atoms with Gasteiger partial charge in [0.1, 0.15) is 17.6 Å². The summed E-state index contributed by atoms with van der Waals surface area (Å²) in [6.45, 7) is 4.70. The largest absolute Gasteiger partial charge is 0.436 e. The fraction of sp³-hybridized carbons (Fsp3) is 0.333. The Labute approximate surface area is 172 Å². The van der Waals surface area contributed by atoms with E-state index in [2.05, 4.69) is 9.88 Å². The maximum absolute atomic E-state index is 14.1. The average Bonchev–Trinajstić information content (AvgIpc) is 3.23. The molecule has 0 fully saturated rings. The zero-order valence-corrected chi connectivity index (χ0v) is 16.4. The van der Waals surface area contributed by atoms with Crippen molar-refractivity contribution in [3.05, 3.63) is 69.8 Å². The summed E-state index contributed by atoms with van der Waals surface area (Å²) in [6.07, 6.45) is 2.18. The second kappa shape index (κ2) is 6.88. The van der Waals surface area contributed by atoms with Gasteiger partial charge in [0.25, 0.3) is 0 Å². The molecule has 8 nitrogen and oxygen atoms in total. The van der Waals surface area contributed by atoms with Crippen molar-refractivity contribution >= 4 is 5.82 Å². The van der Waals surface area contributed by atoms with Crippen LogP contribution in [0, 0.1) is 15.9 Å². The average molecular weight is 409 g/mol. The molecule has 2 aliphatic rings. The van der Waals surface area contributed by atoms with E-state index in [0.29, 0.717) is 24.3 Å². The van der Waals surface area contributed by atoms with Gasteiger partial charge in [-0.1, -0.05) is 18.2 Å². The second-order valence-corrected chi connectivity index (χ2v) is 8.06. The van der Waals surface area contributed by atoms with Gasteiger partial charge in [0.15, 0.2) is 0 Å². The molecule has 0 bridgehead atoms. The van der Waals surface area contributed by atoms with Gasteiger partial charge in [0.05, 0.1) is 12.2 Å². The number of hydrogen-bond donors (Lipinski definition) is 0. The molecule has 0 radical (unpaired) electrons. The molecule has 9 heteroatoms. The first-order chi connectivity index (χ1) is 14.4. The molecule has 0 N–H and O–H groups in total. The van der Waals surface area contributed by atoms with E-state index < -0.39 is 10.5 Å². The molecule has 0 spiro atoms. The molecule has 2 aromatic heterocycles. The SMILES string of the molecule is C[C@]1(CN2CCc3nc(-c4ccccc4F)ccc3C2)Cn2cc([N+](=O)[O-])nc2O1. The fourth-order valence-corrected chi connectivity index (χ4v) is 4.27. The Bertz CT molecular complexity index is 1120. The number of aromatic nitrogens is 3. The number of imidazole rings is 1. The lowest BCUT2D eigenvalue weighted by Gasteiger charge is -2.34. The first kappa shape index (κ1) is 18.7. The molecule has 0 amide bonds. The fourth-order valence-electron chi connectivity index (χ4n) is 4.27. The minimum absolute atomic E-state index is 0.198. The predicted octanol–water partition coefficient (Wildman–Crippen LogP) is 3.20. The smallest absolute Gasteiger partial charge is 0.415 e. The van der Waals surface area contributed by atoms with Gasteiger partial charge in [0, 0.05) is 42.3 Å². The van der Waals surface area contributed by atoms with Gasteiger partial charge < -0.3 is 14.9 Å². The lowest BCUT2D eigenvalue weighted by Crippen LogP contribution is -2.46. The van der Waals surface area contributed by atoms with Crippen LogP contribution in [0.5, 0.6) is 6.01 Å². The van der Waals surface area contributed by atoms with Gasteiger partial charge in [-0.15, -0.1) is 0 Å². The van der Waals surface area contributed by atoms with Crippen LogP contribution in [0.1, 0.15) is 18.2 Å². The van der Waals surface area contributed by atoms with Gasteiger partial charge >= 0.3 is 11.8 Å². The third kappa shape index (κ3) is 3.30. The highest BCUT2D eigenvalue weighted by Crippen LogP contribution is 2.33. The first-order valence-corrected chi connectivity index (χ1v) is 9.77. The van der Waals surface area contributed by atoms with Crippen molar-refractivity contribution in [3.8, 4) is 17.3 Å². The summed E-state index contributed by atoms with van der Waals surface area (Å²) in [5.41, 5.74) is 2.77. The normalized spacial score (nSPS) is 20.5. The summed E-state index contributed by atoms with van der Waals surface area (Å²) in [4.78, 5) is 21.3. The molecular weight excluding hydrogens is 389 g/mol. The highest BCUT2D eigenvalue weighted by molar-refractivity contribution is 5.60. The summed E-state index contributed by atoms with van der Waals surface area (Å²) >= 11 is 0. The Kier molecular flexibility index (Phi) is 4.28. The van der Waals surface area contributed by atoms with Gasteiger partial charge in [-0.25, -0.2) is 4.39 Å². The van der Waals surface area contributed by atoms with Crippen LogP contribution in [0.15, 0.2) is 42.6 Å². The Hall–Kier alpha value is -3.33. The third-order valence-electron chi connectivity index (χ3n) is 5.59. The van der Waals surface area contributed by atoms with Crippen LogP contribution < -0.4 is 4.74 Å². The number of fused-ring (bicyclic) bond motifs is 2. The molecule has 4 heterocycles. The molecule has 3 aromatic rings. The topological polar surface area (TPSA) is 86.3 Å². The molecule has 0 saturated heterocycles. The van der Waals surface area contributed by atoms with Crippen molar-refractivity contribution in [2.45, 2.75) is 32.0 Å². The van der Waals surface area contributed by atoms with E-state index in [4.69, 9.17) is 9.72 Å². The van der Waals surface area contributed by atoms with E-state index in [9.17, 15) is 14.5 Å². The Balaban J connectivity index is 1.29. The zero-order chi connectivity index (χ0) is 20.9. The quantitative estimate of drug-likeness (QED) is 0.486. The molecule has 30 heavy (non-hydrogen) atoms. The standard InChI is InChI=1S/C21H20FN5O3/c1-21(13-26-11-19(27(28)29)24-20(26)30-21)12-25-9-8-17-14(10-25)6-7-18(23-17)15-4-2-3-5-16(15)22/h2-7,11H,8-10,12-13H2,1H3/t21-/m0/s1. The van der Waals surface area contributed by atoms with Crippen molar-refractivity contribution in [2.24, 2.45) is 0 Å². The molecule has 154 valence electrons. The first-order valence-electron chi connectivity index (χ1n) is 9.77. The third-order valence-corrected chi connectivity index (χ3v) is 5.59. The number of nitro groups is 1. The molecule has 1 aromatic carbocycles. The lowest BCUT2D eigenvalue weighted by atomic mass is 10.00. The van der Waals surface area contributed by atoms with Crippen molar-refractivity contribution in [1.82, 2.24) is 19.4 Å². The van der Waals surface area contributed by atoms with E-state index in [-0.39, 0.29) is 17.6 Å². The van der Waals surface area contributed by atoms with Gasteiger partial charge in [-0.05, 0) is 35.6 Å². The van der Waals surface area contributed by atoms with Crippen LogP contribution in [-0.4, -0.2) is 43.0 Å². The highest BCUT2D eigenvalue weighted by Gasteiger charge is 2.41. The Morgan fingerprint density at radius 2 is 2.10 bits per heavy atom. The molecule has 1 atom stereocenters. The summed E-state index contributed by atoms with van der Waals surface area (Å²) in [7, 11) is 0. The monoisotopic (exact) mass is 409 g/mol. The van der Waals surface area contributed by atoms with Crippen LogP contribution >= 0.6 is 0 Å². The molecule has 5 rings (SSSR count). The van der Waals surface area contributed by atoms with Crippen molar-refractivity contribution in [2.75, 3.05) is 13.1 Å². The summed E-state index contributed by atoms with van der Waals surface area (Å²) in [5.74, 6) is -0.470. The predicted molar refractivity (Wildman–Crippen MR) is 107 cm³/mol. The number of ether oxygens (including phenoxy) is 1. The van der Waals surface area contributed by atoms with Crippen LogP contribution in [0.4, 0.5) is 10.2 Å². The molecule has 0 unspecified atom stereocenters. The van der Waals surface area contributed by atoms with Gasteiger partial charge in [0.2, 0.25) is 0 Å². The van der Waals surface area contributed by atoms with Crippen LogP contribution in [0.2, 0.25) is 0 Å². The molecule has 0 saturated carbocycles. The number of halogens is 1. The Morgan fingerprint density at radius 3 is 2.87 bits per heavy atom. The van der Waals surface area contributed by atoms with Crippen LogP contribution in [0.3, 0.4) is 0 Å². The molecule has 0 aliphatic carbocycles. The van der Waals surface area contributed by atoms with E-state index in [1.165, 1.54) is 12.3 Å². The number of nitrogens with zero attached hydrogens (tertiary/aromatic N) is 5. The van der Waals surface area contributed by atoms with E-state index >= 15 is 0 Å². The summed E-state index contributed by atoms with van der Waals surface area (Å²) in [5, 5.41) is 10.9. The van der Waals surface area contributed by atoms with Crippen LogP contribution in [-0.2, 0) is 19.5 Å². The minimum atomic E-state index is -0.518. The number of hydrogen-bond acceptors (Lipinski definition) is 6. The Morgan fingerprint density at radius 1 is 1.27 bits per heavy atom. The number of pyridine rings is 1. The van der Waals surface area contributed by atoms with Gasteiger partial charge in [-0.2, -0.15) is 0 Å². The minimum Gasteiger partial charge on any atom is -0.436 e. The number of benzene rings is 1. The molecular formula is C21H20FN5O3. The lowest BCUT2D eigenvalue weighted by molar-refractivity contribution is -0.389. The van der Waals surface area contributed by atoms with E-state index in [1.54, 1.807) is 16.7 Å². The van der Waals surface area contributed by atoms with E-state index in [1.807, 2.05) is 25.1 Å². The highest BCUT2D eigenvalue weighted by atomic mass is 19.1.